The van der Waals surface area contributed by atoms with Crippen LogP contribution in [0.4, 0.5) is 4.79 Å². The Hall–Kier alpha value is -4.01. The first-order valence-electron chi connectivity index (χ1n) is 9.23. The van der Waals surface area contributed by atoms with E-state index in [-0.39, 0.29) is 12.1 Å². The van der Waals surface area contributed by atoms with Crippen molar-refractivity contribution in [2.75, 3.05) is 28.4 Å². The van der Waals surface area contributed by atoms with Crippen LogP contribution in [-0.2, 0) is 16.1 Å². The van der Waals surface area contributed by atoms with Gasteiger partial charge in [0, 0.05) is 11.6 Å². The van der Waals surface area contributed by atoms with Gasteiger partial charge in [-0.05, 0) is 29.8 Å². The van der Waals surface area contributed by atoms with Crippen LogP contribution in [0, 0.1) is 0 Å². The Morgan fingerprint density at radius 3 is 2.03 bits per heavy atom. The number of amides is 4. The lowest BCUT2D eigenvalue weighted by Crippen LogP contribution is -2.53. The third kappa shape index (κ3) is 4.45. The molecule has 0 unspecified atom stereocenters. The molecule has 1 fully saturated rings. The molecule has 2 aromatic rings. The Morgan fingerprint density at radius 1 is 0.839 bits per heavy atom. The van der Waals surface area contributed by atoms with Gasteiger partial charge < -0.3 is 18.9 Å². The molecule has 0 radical (unpaired) electrons. The normalized spacial score (nSPS) is 15.0. The second-order valence-electron chi connectivity index (χ2n) is 6.51. The van der Waals surface area contributed by atoms with Gasteiger partial charge in [-0.15, -0.1) is 0 Å². The molecule has 0 spiro atoms. The van der Waals surface area contributed by atoms with Gasteiger partial charge in [0.1, 0.15) is 17.1 Å². The van der Waals surface area contributed by atoms with Crippen LogP contribution >= 0.6 is 0 Å². The van der Waals surface area contributed by atoms with Crippen molar-refractivity contribution in [2.45, 2.75) is 6.54 Å². The van der Waals surface area contributed by atoms with E-state index in [9.17, 15) is 14.4 Å². The molecule has 0 bridgehead atoms. The highest BCUT2D eigenvalue weighted by Crippen LogP contribution is 2.36. The molecule has 1 N–H and O–H groups in total. The Balaban J connectivity index is 1.96. The number of benzene rings is 2. The number of nitrogens with zero attached hydrogens (tertiary/aromatic N) is 1. The first-order chi connectivity index (χ1) is 14.9. The monoisotopic (exact) mass is 426 g/mol. The van der Waals surface area contributed by atoms with E-state index >= 15 is 0 Å². The second-order valence-corrected chi connectivity index (χ2v) is 6.51. The smallest absolute Gasteiger partial charge is 0.331 e. The number of hydrogen-bond acceptors (Lipinski definition) is 7. The summed E-state index contributed by atoms with van der Waals surface area (Å²) in [7, 11) is 5.94. The van der Waals surface area contributed by atoms with Gasteiger partial charge in [-0.1, -0.05) is 12.1 Å². The Labute approximate surface area is 179 Å². The van der Waals surface area contributed by atoms with Gasteiger partial charge in [0.05, 0.1) is 35.0 Å². The molecule has 0 aliphatic carbocycles. The quantitative estimate of drug-likeness (QED) is 0.536. The van der Waals surface area contributed by atoms with E-state index < -0.39 is 17.8 Å². The summed E-state index contributed by atoms with van der Waals surface area (Å²) < 4.78 is 21.0. The third-order valence-corrected chi connectivity index (χ3v) is 4.72. The Bertz CT molecular complexity index is 1040. The molecule has 162 valence electrons. The van der Waals surface area contributed by atoms with Gasteiger partial charge in [-0.25, -0.2) is 4.79 Å². The topological polar surface area (TPSA) is 103 Å². The molecule has 31 heavy (non-hydrogen) atoms. The largest absolute Gasteiger partial charge is 0.497 e. The number of urea groups is 1. The number of imide groups is 2. The van der Waals surface area contributed by atoms with Crippen molar-refractivity contribution in [1.82, 2.24) is 10.2 Å². The standard InChI is InChI=1S/C22H22N2O7/c1-28-15-7-5-13(6-8-15)12-24-21(26)16(20(25)23-22(24)27)9-14-10-18(30-3)19(31-4)11-17(14)29-2/h5-11H,12H2,1-4H3,(H,23,25,27)/b16-9+. The zero-order valence-electron chi connectivity index (χ0n) is 17.6. The molecule has 3 rings (SSSR count). The minimum atomic E-state index is -0.794. The van der Waals surface area contributed by atoms with E-state index in [0.29, 0.717) is 34.1 Å². The lowest BCUT2D eigenvalue weighted by Gasteiger charge is -2.26. The van der Waals surface area contributed by atoms with Crippen molar-refractivity contribution < 1.29 is 33.3 Å². The maximum Gasteiger partial charge on any atom is 0.331 e. The third-order valence-electron chi connectivity index (χ3n) is 4.72. The summed E-state index contributed by atoms with van der Waals surface area (Å²) in [5, 5.41) is 2.20. The van der Waals surface area contributed by atoms with Crippen molar-refractivity contribution in [1.29, 1.82) is 0 Å². The first kappa shape index (κ1) is 21.7. The molecular weight excluding hydrogens is 404 g/mol. The van der Waals surface area contributed by atoms with Crippen LogP contribution < -0.4 is 24.3 Å². The number of carbonyl (C=O) groups excluding carboxylic acids is 3. The van der Waals surface area contributed by atoms with Gasteiger partial charge in [-0.2, -0.15) is 0 Å². The second kappa shape index (κ2) is 9.21. The minimum absolute atomic E-state index is 0.0116. The summed E-state index contributed by atoms with van der Waals surface area (Å²) >= 11 is 0. The van der Waals surface area contributed by atoms with Gasteiger partial charge in [0.15, 0.2) is 11.5 Å². The lowest BCUT2D eigenvalue weighted by atomic mass is 10.0. The van der Waals surface area contributed by atoms with Crippen molar-refractivity contribution in [3.63, 3.8) is 0 Å². The van der Waals surface area contributed by atoms with Crippen LogP contribution in [0.1, 0.15) is 11.1 Å². The molecule has 1 saturated heterocycles. The van der Waals surface area contributed by atoms with Crippen molar-refractivity contribution in [3.05, 3.63) is 53.1 Å². The van der Waals surface area contributed by atoms with Crippen molar-refractivity contribution in [3.8, 4) is 23.0 Å². The van der Waals surface area contributed by atoms with E-state index in [1.807, 2.05) is 0 Å². The molecule has 4 amide bonds. The van der Waals surface area contributed by atoms with Gasteiger partial charge in [0.2, 0.25) is 0 Å². The van der Waals surface area contributed by atoms with Crippen LogP contribution in [0.5, 0.6) is 23.0 Å². The predicted molar refractivity (Wildman–Crippen MR) is 111 cm³/mol. The Kier molecular flexibility index (Phi) is 6.44. The molecule has 1 heterocycles. The fourth-order valence-corrected chi connectivity index (χ4v) is 3.07. The molecule has 1 aliphatic rings. The summed E-state index contributed by atoms with van der Waals surface area (Å²) in [4.78, 5) is 38.7. The highest BCUT2D eigenvalue weighted by molar-refractivity contribution is 6.31. The fraction of sp³-hybridized carbons (Fsp3) is 0.227. The summed E-state index contributed by atoms with van der Waals surface area (Å²) in [5.41, 5.74) is 0.901. The molecule has 0 atom stereocenters. The van der Waals surface area contributed by atoms with Crippen LogP contribution in [0.2, 0.25) is 0 Å². The zero-order chi connectivity index (χ0) is 22.5. The number of nitrogens with one attached hydrogen (secondary N) is 1. The summed E-state index contributed by atoms with van der Waals surface area (Å²) in [6.07, 6.45) is 1.35. The molecule has 0 saturated carbocycles. The van der Waals surface area contributed by atoms with Crippen LogP contribution in [-0.4, -0.2) is 51.2 Å². The summed E-state index contributed by atoms with van der Waals surface area (Å²) in [6, 6.07) is 9.28. The van der Waals surface area contributed by atoms with Crippen LogP contribution in [0.3, 0.4) is 0 Å². The SMILES string of the molecule is COc1ccc(CN2C(=O)NC(=O)/C(=C\c3cc(OC)c(OC)cc3OC)C2=O)cc1. The number of hydrogen-bond donors (Lipinski definition) is 1. The fourth-order valence-electron chi connectivity index (χ4n) is 3.07. The maximum absolute atomic E-state index is 13.0. The van der Waals surface area contributed by atoms with E-state index in [4.69, 9.17) is 18.9 Å². The predicted octanol–water partition coefficient (Wildman–Crippen LogP) is 2.38. The molecule has 9 nitrogen and oxygen atoms in total. The van der Waals surface area contributed by atoms with Crippen LogP contribution in [0.15, 0.2) is 42.0 Å². The van der Waals surface area contributed by atoms with Gasteiger partial charge >= 0.3 is 6.03 Å². The highest BCUT2D eigenvalue weighted by Gasteiger charge is 2.36. The average Bonchev–Trinajstić information content (AvgIpc) is 2.79. The van der Waals surface area contributed by atoms with Crippen molar-refractivity contribution >= 4 is 23.9 Å². The zero-order valence-corrected chi connectivity index (χ0v) is 17.6. The maximum atomic E-state index is 13.0. The lowest BCUT2D eigenvalue weighted by molar-refractivity contribution is -0.130. The average molecular weight is 426 g/mol. The number of methoxy groups -OCH3 is 4. The first-order valence-corrected chi connectivity index (χ1v) is 9.23. The number of ether oxygens (including phenoxy) is 4. The summed E-state index contributed by atoms with van der Waals surface area (Å²) in [6.45, 7) is -0.0116. The molecule has 0 aromatic heterocycles. The summed E-state index contributed by atoms with van der Waals surface area (Å²) in [5.74, 6) is 0.320. The van der Waals surface area contributed by atoms with Crippen molar-refractivity contribution in [2.24, 2.45) is 0 Å². The molecule has 2 aromatic carbocycles. The van der Waals surface area contributed by atoms with Crippen LogP contribution in [0.25, 0.3) is 6.08 Å². The Morgan fingerprint density at radius 2 is 1.45 bits per heavy atom. The van der Waals surface area contributed by atoms with E-state index in [2.05, 4.69) is 5.32 Å². The number of carbonyl (C=O) groups is 3. The van der Waals surface area contributed by atoms with E-state index in [0.717, 1.165) is 4.90 Å². The highest BCUT2D eigenvalue weighted by atomic mass is 16.5. The molecule has 1 aliphatic heterocycles. The van der Waals surface area contributed by atoms with E-state index in [1.165, 1.54) is 27.4 Å². The van der Waals surface area contributed by atoms with Gasteiger partial charge in [0.25, 0.3) is 11.8 Å². The van der Waals surface area contributed by atoms with Gasteiger partial charge in [-0.3, -0.25) is 19.8 Å². The van der Waals surface area contributed by atoms with E-state index in [1.54, 1.807) is 43.5 Å². The number of rotatable bonds is 7. The molecule has 9 heteroatoms. The minimum Gasteiger partial charge on any atom is -0.497 e. The molecular formula is C22H22N2O7. The number of barbiturate groups is 1.